The van der Waals surface area contributed by atoms with E-state index >= 15 is 4.39 Å². The molecule has 0 aliphatic carbocycles. The van der Waals surface area contributed by atoms with Crippen LogP contribution in [0.1, 0.15) is 48.2 Å². The molecule has 0 unspecified atom stereocenters. The molecule has 0 saturated carbocycles. The van der Waals surface area contributed by atoms with Crippen LogP contribution in [-0.2, 0) is 16.0 Å². The number of pyridine rings is 1. The van der Waals surface area contributed by atoms with Crippen LogP contribution in [0.5, 0.6) is 5.88 Å². The van der Waals surface area contributed by atoms with Crippen LogP contribution in [-0.4, -0.2) is 78.9 Å². The maximum Gasteiger partial charge on any atom is 0.306 e. The van der Waals surface area contributed by atoms with Crippen molar-refractivity contribution in [1.29, 1.82) is 0 Å². The fourth-order valence-electron chi connectivity index (χ4n) is 5.29. The van der Waals surface area contributed by atoms with Gasteiger partial charge in [-0.3, -0.25) is 14.1 Å². The Morgan fingerprint density at radius 2 is 2.08 bits per heavy atom. The van der Waals surface area contributed by atoms with Crippen LogP contribution < -0.4 is 4.74 Å². The molecule has 0 spiro atoms. The van der Waals surface area contributed by atoms with Gasteiger partial charge in [0.1, 0.15) is 12.4 Å². The second-order valence-electron chi connectivity index (χ2n) is 9.73. The predicted octanol–water partition coefficient (Wildman–Crippen LogP) is 4.58. The highest BCUT2D eigenvalue weighted by Gasteiger charge is 2.38. The summed E-state index contributed by atoms with van der Waals surface area (Å²) in [5.41, 5.74) is 4.20. The number of H-pyrrole nitrogens is 1. The van der Waals surface area contributed by atoms with Gasteiger partial charge in [-0.1, -0.05) is 18.2 Å². The molecule has 2 atom stereocenters. The Bertz CT molecular complexity index is 1230. The van der Waals surface area contributed by atoms with Gasteiger partial charge in [0.15, 0.2) is 0 Å². The number of nitrogens with zero attached hydrogens (tertiary/aromatic N) is 3. The molecule has 1 N–H and O–H groups in total. The van der Waals surface area contributed by atoms with Gasteiger partial charge in [-0.15, -0.1) is 0 Å². The van der Waals surface area contributed by atoms with Gasteiger partial charge in [-0.2, -0.15) is 0 Å². The van der Waals surface area contributed by atoms with Crippen LogP contribution in [0.15, 0.2) is 30.5 Å². The number of hydrogen-bond acceptors (Lipinski definition) is 6. The Kier molecular flexibility index (Phi) is 8.76. The van der Waals surface area contributed by atoms with Crippen LogP contribution in [0.25, 0.3) is 10.9 Å². The highest BCUT2D eigenvalue weighted by molar-refractivity contribution is 5.85. The summed E-state index contributed by atoms with van der Waals surface area (Å²) in [6.07, 6.45) is 2.66. The summed E-state index contributed by atoms with van der Waals surface area (Å²) in [5.74, 6) is -0.350. The van der Waals surface area contributed by atoms with Crippen molar-refractivity contribution in [2.75, 3.05) is 47.1 Å². The Balaban J connectivity index is 1.72. The van der Waals surface area contributed by atoms with E-state index in [2.05, 4.69) is 27.9 Å². The molecule has 200 valence electrons. The second kappa shape index (κ2) is 12.0. The maximum atomic E-state index is 15.6. The molecule has 3 heterocycles. The average molecular weight is 515 g/mol. The zero-order chi connectivity index (χ0) is 26.5. The minimum Gasteiger partial charge on any atom is -0.476 e. The van der Waals surface area contributed by atoms with Gasteiger partial charge >= 0.3 is 5.97 Å². The monoisotopic (exact) mass is 514 g/mol. The van der Waals surface area contributed by atoms with E-state index < -0.39 is 11.9 Å². The molecule has 0 fully saturated rings. The van der Waals surface area contributed by atoms with Crippen molar-refractivity contribution in [1.82, 2.24) is 19.8 Å². The van der Waals surface area contributed by atoms with E-state index in [9.17, 15) is 9.18 Å². The van der Waals surface area contributed by atoms with Crippen molar-refractivity contribution in [3.63, 3.8) is 0 Å². The first-order valence-corrected chi connectivity index (χ1v) is 12.8. The molecule has 3 aromatic rings. The van der Waals surface area contributed by atoms with Gasteiger partial charge in [-0.05, 0) is 45.4 Å². The van der Waals surface area contributed by atoms with Crippen molar-refractivity contribution < 1.29 is 23.0 Å². The van der Waals surface area contributed by atoms with E-state index in [1.165, 1.54) is 13.3 Å². The molecule has 1 aromatic carbocycles. The van der Waals surface area contributed by atoms with E-state index in [-0.39, 0.29) is 25.1 Å². The summed E-state index contributed by atoms with van der Waals surface area (Å²) in [4.78, 5) is 24.0. The minimum atomic E-state index is -0.451. The lowest BCUT2D eigenvalue weighted by atomic mass is 9.87. The lowest BCUT2D eigenvalue weighted by Crippen LogP contribution is -2.44. The van der Waals surface area contributed by atoms with Crippen LogP contribution >= 0.6 is 0 Å². The first-order chi connectivity index (χ1) is 17.8. The fraction of sp³-hybridized carbons (Fsp3) is 0.500. The molecular weight excluding hydrogens is 478 g/mol. The molecule has 2 aromatic heterocycles. The number of ether oxygens (including phenoxy) is 2. The lowest BCUT2D eigenvalue weighted by molar-refractivity contribution is -0.141. The van der Waals surface area contributed by atoms with Crippen molar-refractivity contribution in [3.8, 4) is 5.88 Å². The number of halogens is 2. The minimum absolute atomic E-state index is 0.0573. The zero-order valence-electron chi connectivity index (χ0n) is 22.0. The Morgan fingerprint density at radius 3 is 2.84 bits per heavy atom. The number of likely N-dealkylation sites (N-methyl/N-ethyl adjacent to an activating group) is 1. The average Bonchev–Trinajstić information content (AvgIpc) is 3.26. The molecule has 0 amide bonds. The van der Waals surface area contributed by atoms with Crippen molar-refractivity contribution in [3.05, 3.63) is 58.7 Å². The maximum absolute atomic E-state index is 15.6. The van der Waals surface area contributed by atoms with Gasteiger partial charge in [0.2, 0.25) is 5.88 Å². The standard InChI is InChI=1S/C28H36F2N4O3/c1-18-16-21-20-8-5-6-9-23(20)32-26(21)27(34(18)13-10-24(35)36-4)25-19(2)28(31-17-22(25)30)37-15-14-33(3)12-7-11-29/h5-6,8-9,17-18,27,32H,7,10-16H2,1-4H3/t18-,27-/m1/s1. The van der Waals surface area contributed by atoms with Crippen LogP contribution in [0.4, 0.5) is 8.78 Å². The van der Waals surface area contributed by atoms with Gasteiger partial charge in [0.05, 0.1) is 32.4 Å². The molecule has 0 saturated heterocycles. The summed E-state index contributed by atoms with van der Waals surface area (Å²) < 4.78 is 39.0. The fourth-order valence-corrected chi connectivity index (χ4v) is 5.29. The normalized spacial score (nSPS) is 17.8. The largest absolute Gasteiger partial charge is 0.476 e. The summed E-state index contributed by atoms with van der Waals surface area (Å²) in [6.45, 7) is 5.60. The summed E-state index contributed by atoms with van der Waals surface area (Å²) in [6, 6.07) is 7.71. The number of fused-ring (bicyclic) bond motifs is 3. The molecule has 4 rings (SSSR count). The SMILES string of the molecule is COC(=O)CCN1[C@H](c2c(F)cnc(OCCN(C)CCCF)c2C)c2[nH]c3ccccc3c2C[C@H]1C. The number of benzene rings is 1. The topological polar surface area (TPSA) is 70.7 Å². The molecular formula is C28H36F2N4O3. The van der Waals surface area contributed by atoms with E-state index in [0.29, 0.717) is 49.7 Å². The molecule has 0 radical (unpaired) electrons. The van der Waals surface area contributed by atoms with Crippen molar-refractivity contribution in [2.24, 2.45) is 0 Å². The quantitative estimate of drug-likeness (QED) is 0.378. The van der Waals surface area contributed by atoms with E-state index in [4.69, 9.17) is 9.47 Å². The number of alkyl halides is 1. The first kappa shape index (κ1) is 27.0. The molecule has 0 bridgehead atoms. The van der Waals surface area contributed by atoms with Gasteiger partial charge in [0.25, 0.3) is 0 Å². The number of esters is 1. The zero-order valence-corrected chi connectivity index (χ0v) is 22.0. The number of carbonyl (C=O) groups excluding carboxylic acids is 1. The van der Waals surface area contributed by atoms with E-state index in [1.54, 1.807) is 0 Å². The van der Waals surface area contributed by atoms with Gasteiger partial charge < -0.3 is 19.4 Å². The first-order valence-electron chi connectivity index (χ1n) is 12.8. The molecule has 1 aliphatic rings. The lowest BCUT2D eigenvalue weighted by Gasteiger charge is -2.41. The third-order valence-electron chi connectivity index (χ3n) is 7.26. The van der Waals surface area contributed by atoms with Crippen LogP contribution in [0, 0.1) is 12.7 Å². The number of nitrogens with one attached hydrogen (secondary N) is 1. The van der Waals surface area contributed by atoms with Crippen LogP contribution in [0.2, 0.25) is 0 Å². The third-order valence-corrected chi connectivity index (χ3v) is 7.26. The van der Waals surface area contributed by atoms with E-state index in [1.807, 2.05) is 37.1 Å². The summed E-state index contributed by atoms with van der Waals surface area (Å²) in [7, 11) is 3.29. The predicted molar refractivity (Wildman–Crippen MR) is 139 cm³/mol. The Labute approximate surface area is 216 Å². The number of para-hydroxylation sites is 1. The van der Waals surface area contributed by atoms with Crippen LogP contribution in [0.3, 0.4) is 0 Å². The number of carbonyl (C=O) groups is 1. The molecule has 7 nitrogen and oxygen atoms in total. The molecule has 1 aliphatic heterocycles. The number of methoxy groups -OCH3 is 1. The highest BCUT2D eigenvalue weighted by Crippen LogP contribution is 2.43. The van der Waals surface area contributed by atoms with E-state index in [0.717, 1.165) is 28.6 Å². The summed E-state index contributed by atoms with van der Waals surface area (Å²) in [5, 5.41) is 1.13. The smallest absolute Gasteiger partial charge is 0.306 e. The number of hydrogen-bond donors (Lipinski definition) is 1. The number of aromatic nitrogens is 2. The van der Waals surface area contributed by atoms with Crippen molar-refractivity contribution in [2.45, 2.75) is 45.2 Å². The molecule has 37 heavy (non-hydrogen) atoms. The van der Waals surface area contributed by atoms with Crippen molar-refractivity contribution >= 4 is 16.9 Å². The van der Waals surface area contributed by atoms with Gasteiger partial charge in [-0.25, -0.2) is 9.37 Å². The highest BCUT2D eigenvalue weighted by atomic mass is 19.1. The second-order valence-corrected chi connectivity index (χ2v) is 9.73. The summed E-state index contributed by atoms with van der Waals surface area (Å²) >= 11 is 0. The Morgan fingerprint density at radius 1 is 1.30 bits per heavy atom. The Hall–Kier alpha value is -3.04. The third kappa shape index (κ3) is 5.78. The van der Waals surface area contributed by atoms with Gasteiger partial charge in [0, 0.05) is 53.4 Å². The number of aromatic amines is 1. The number of rotatable bonds is 11. The molecule has 9 heteroatoms.